The second-order valence-corrected chi connectivity index (χ2v) is 4.54. The van der Waals surface area contributed by atoms with Gasteiger partial charge in [-0.3, -0.25) is 0 Å². The van der Waals surface area contributed by atoms with E-state index in [1.165, 1.54) is 12.1 Å². The summed E-state index contributed by atoms with van der Waals surface area (Å²) in [5.41, 5.74) is 1.31. The molecule has 0 aliphatic carbocycles. The van der Waals surface area contributed by atoms with Gasteiger partial charge in [0, 0.05) is 0 Å². The minimum absolute atomic E-state index is 0.275. The summed E-state index contributed by atoms with van der Waals surface area (Å²) in [5, 5.41) is 10.9. The molecule has 2 heteroatoms. The number of hydrogen-bond acceptors (Lipinski definition) is 1. The number of benzene rings is 2. The molecule has 0 saturated carbocycles. The highest BCUT2D eigenvalue weighted by Gasteiger charge is 2.30. The lowest BCUT2D eigenvalue weighted by Crippen LogP contribution is -2.27. The van der Waals surface area contributed by atoms with Crippen LogP contribution in [0.4, 0.5) is 4.39 Å². The third-order valence-electron chi connectivity index (χ3n) is 3.40. The Balaban J connectivity index is 2.57. The van der Waals surface area contributed by atoms with E-state index in [2.05, 4.69) is 0 Å². The lowest BCUT2D eigenvalue weighted by atomic mass is 9.82. The molecule has 0 heterocycles. The third kappa shape index (κ3) is 2.16. The lowest BCUT2D eigenvalue weighted by molar-refractivity contribution is 0.0758. The van der Waals surface area contributed by atoms with Crippen LogP contribution in [-0.4, -0.2) is 5.11 Å². The molecular formula is C16H17FO. The van der Waals surface area contributed by atoms with Crippen LogP contribution in [0.1, 0.15) is 30.0 Å². The van der Waals surface area contributed by atoms with Crippen LogP contribution in [0, 0.1) is 12.7 Å². The van der Waals surface area contributed by atoms with E-state index >= 15 is 0 Å². The van der Waals surface area contributed by atoms with E-state index in [9.17, 15) is 9.50 Å². The maximum Gasteiger partial charge on any atom is 0.123 e. The average molecular weight is 244 g/mol. The van der Waals surface area contributed by atoms with Gasteiger partial charge in [-0.25, -0.2) is 4.39 Å². The molecule has 0 aliphatic heterocycles. The van der Waals surface area contributed by atoms with E-state index in [1.54, 1.807) is 6.07 Å². The standard InChI is InChI=1S/C16H17FO/c1-3-16(18,13-7-5-4-6-8-13)15-10-9-14(17)11-12(15)2/h4-11,18H,3H2,1-2H3. The Labute approximate surface area is 107 Å². The number of aryl methyl sites for hydroxylation is 1. The largest absolute Gasteiger partial charge is 0.380 e. The summed E-state index contributed by atoms with van der Waals surface area (Å²) in [5.74, 6) is -0.275. The molecule has 94 valence electrons. The molecule has 18 heavy (non-hydrogen) atoms. The Morgan fingerprint density at radius 2 is 1.78 bits per heavy atom. The van der Waals surface area contributed by atoms with Gasteiger partial charge in [-0.15, -0.1) is 0 Å². The van der Waals surface area contributed by atoms with Crippen molar-refractivity contribution in [1.82, 2.24) is 0 Å². The van der Waals surface area contributed by atoms with Crippen LogP contribution in [0.5, 0.6) is 0 Å². The Morgan fingerprint density at radius 1 is 1.11 bits per heavy atom. The van der Waals surface area contributed by atoms with Crippen molar-refractivity contribution in [2.45, 2.75) is 25.9 Å². The highest BCUT2D eigenvalue weighted by molar-refractivity contribution is 5.40. The van der Waals surface area contributed by atoms with Gasteiger partial charge in [0.2, 0.25) is 0 Å². The quantitative estimate of drug-likeness (QED) is 0.871. The smallest absolute Gasteiger partial charge is 0.123 e. The van der Waals surface area contributed by atoms with E-state index in [4.69, 9.17) is 0 Å². The van der Waals surface area contributed by atoms with Crippen LogP contribution < -0.4 is 0 Å². The molecule has 0 spiro atoms. The summed E-state index contributed by atoms with van der Waals surface area (Å²) in [7, 11) is 0. The van der Waals surface area contributed by atoms with E-state index in [0.717, 1.165) is 16.7 Å². The molecule has 2 aromatic carbocycles. The SMILES string of the molecule is CCC(O)(c1ccccc1)c1ccc(F)cc1C. The Bertz CT molecular complexity index is 536. The Kier molecular flexibility index (Phi) is 3.48. The van der Waals surface area contributed by atoms with Crippen LogP contribution in [0.25, 0.3) is 0 Å². The molecule has 2 rings (SSSR count). The predicted molar refractivity (Wildman–Crippen MR) is 70.9 cm³/mol. The minimum Gasteiger partial charge on any atom is -0.380 e. The van der Waals surface area contributed by atoms with Gasteiger partial charge < -0.3 is 5.11 Å². The Morgan fingerprint density at radius 3 is 2.33 bits per heavy atom. The van der Waals surface area contributed by atoms with Crippen LogP contribution >= 0.6 is 0 Å². The average Bonchev–Trinajstić information content (AvgIpc) is 2.39. The molecule has 1 unspecified atom stereocenters. The maximum absolute atomic E-state index is 13.2. The van der Waals surface area contributed by atoms with Gasteiger partial charge in [0.25, 0.3) is 0 Å². The summed E-state index contributed by atoms with van der Waals surface area (Å²) >= 11 is 0. The summed E-state index contributed by atoms with van der Waals surface area (Å²) in [4.78, 5) is 0. The molecule has 0 radical (unpaired) electrons. The lowest BCUT2D eigenvalue weighted by Gasteiger charge is -2.29. The summed E-state index contributed by atoms with van der Waals surface area (Å²) < 4.78 is 13.2. The highest BCUT2D eigenvalue weighted by atomic mass is 19.1. The molecule has 1 atom stereocenters. The zero-order valence-electron chi connectivity index (χ0n) is 10.7. The van der Waals surface area contributed by atoms with E-state index in [0.29, 0.717) is 6.42 Å². The predicted octanol–water partition coefficient (Wildman–Crippen LogP) is 3.78. The summed E-state index contributed by atoms with van der Waals surface area (Å²) in [6.07, 6.45) is 0.545. The maximum atomic E-state index is 13.2. The molecule has 0 amide bonds. The molecule has 0 aliphatic rings. The van der Waals surface area contributed by atoms with Crippen LogP contribution in [0.2, 0.25) is 0 Å². The van der Waals surface area contributed by atoms with Gasteiger partial charge in [-0.1, -0.05) is 43.3 Å². The minimum atomic E-state index is -1.06. The van der Waals surface area contributed by atoms with Gasteiger partial charge in [0.05, 0.1) is 0 Å². The van der Waals surface area contributed by atoms with Crippen molar-refractivity contribution in [3.63, 3.8) is 0 Å². The summed E-state index contributed by atoms with van der Waals surface area (Å²) in [6, 6.07) is 14.0. The van der Waals surface area contributed by atoms with E-state index in [1.807, 2.05) is 44.2 Å². The van der Waals surface area contributed by atoms with Gasteiger partial charge in [0.15, 0.2) is 0 Å². The fourth-order valence-corrected chi connectivity index (χ4v) is 2.36. The van der Waals surface area contributed by atoms with Crippen LogP contribution in [0.3, 0.4) is 0 Å². The van der Waals surface area contributed by atoms with Crippen molar-refractivity contribution in [2.24, 2.45) is 0 Å². The zero-order chi connectivity index (χ0) is 13.2. The van der Waals surface area contributed by atoms with Crippen LogP contribution in [-0.2, 0) is 5.60 Å². The topological polar surface area (TPSA) is 20.2 Å². The number of halogens is 1. The molecular weight excluding hydrogens is 227 g/mol. The fraction of sp³-hybridized carbons (Fsp3) is 0.250. The second-order valence-electron chi connectivity index (χ2n) is 4.54. The monoisotopic (exact) mass is 244 g/mol. The first-order valence-electron chi connectivity index (χ1n) is 6.12. The van der Waals surface area contributed by atoms with Crippen molar-refractivity contribution in [2.75, 3.05) is 0 Å². The highest BCUT2D eigenvalue weighted by Crippen LogP contribution is 2.34. The first-order chi connectivity index (χ1) is 8.58. The normalized spacial score (nSPS) is 14.2. The molecule has 0 aromatic heterocycles. The molecule has 0 fully saturated rings. The van der Waals surface area contributed by atoms with Crippen molar-refractivity contribution < 1.29 is 9.50 Å². The van der Waals surface area contributed by atoms with Crippen molar-refractivity contribution in [1.29, 1.82) is 0 Å². The molecule has 1 N–H and O–H groups in total. The first-order valence-corrected chi connectivity index (χ1v) is 6.12. The van der Waals surface area contributed by atoms with Gasteiger partial charge in [-0.05, 0) is 42.2 Å². The number of hydrogen-bond donors (Lipinski definition) is 1. The molecule has 0 bridgehead atoms. The van der Waals surface area contributed by atoms with Gasteiger partial charge >= 0.3 is 0 Å². The van der Waals surface area contributed by atoms with Crippen LogP contribution in [0.15, 0.2) is 48.5 Å². The third-order valence-corrected chi connectivity index (χ3v) is 3.40. The molecule has 0 saturated heterocycles. The number of aliphatic hydroxyl groups is 1. The first kappa shape index (κ1) is 12.8. The Hall–Kier alpha value is -1.67. The van der Waals surface area contributed by atoms with Crippen molar-refractivity contribution in [3.05, 3.63) is 71.0 Å². The van der Waals surface area contributed by atoms with E-state index < -0.39 is 5.60 Å². The number of rotatable bonds is 3. The van der Waals surface area contributed by atoms with E-state index in [-0.39, 0.29) is 5.82 Å². The fourth-order valence-electron chi connectivity index (χ4n) is 2.36. The van der Waals surface area contributed by atoms with Gasteiger partial charge in [-0.2, -0.15) is 0 Å². The van der Waals surface area contributed by atoms with Gasteiger partial charge in [0.1, 0.15) is 11.4 Å². The second kappa shape index (κ2) is 4.91. The molecule has 1 nitrogen and oxygen atoms in total. The summed E-state index contributed by atoms with van der Waals surface area (Å²) in [6.45, 7) is 3.75. The molecule has 2 aromatic rings. The van der Waals surface area contributed by atoms with Crippen molar-refractivity contribution in [3.8, 4) is 0 Å². The van der Waals surface area contributed by atoms with Crippen molar-refractivity contribution >= 4 is 0 Å². The zero-order valence-corrected chi connectivity index (χ0v) is 10.7.